The van der Waals surface area contributed by atoms with Gasteiger partial charge in [-0.05, 0) is 42.5 Å². The van der Waals surface area contributed by atoms with Crippen molar-refractivity contribution in [3.63, 3.8) is 0 Å². The van der Waals surface area contributed by atoms with Crippen molar-refractivity contribution in [3.8, 4) is 5.75 Å². The normalized spacial score (nSPS) is 14.8. The molecule has 0 atom stereocenters. The van der Waals surface area contributed by atoms with E-state index < -0.39 is 9.84 Å². The molecule has 2 aromatic carbocycles. The van der Waals surface area contributed by atoms with Crippen molar-refractivity contribution in [1.82, 2.24) is 9.88 Å². The van der Waals surface area contributed by atoms with Crippen molar-refractivity contribution in [1.29, 1.82) is 0 Å². The Morgan fingerprint density at radius 3 is 2.52 bits per heavy atom. The van der Waals surface area contributed by atoms with Crippen LogP contribution in [0.25, 0.3) is 10.2 Å². The van der Waals surface area contributed by atoms with Gasteiger partial charge >= 0.3 is 0 Å². The Kier molecular flexibility index (Phi) is 6.49. The van der Waals surface area contributed by atoms with Gasteiger partial charge in [0.15, 0.2) is 15.0 Å². The smallest absolute Gasteiger partial charge is 0.223 e. The van der Waals surface area contributed by atoms with Gasteiger partial charge in [-0.2, -0.15) is 0 Å². The van der Waals surface area contributed by atoms with E-state index in [0.717, 1.165) is 19.8 Å². The summed E-state index contributed by atoms with van der Waals surface area (Å²) in [4.78, 5) is 21.4. The summed E-state index contributed by atoms with van der Waals surface area (Å²) < 4.78 is 32.3. The molecule has 0 radical (unpaired) electrons. The topological polar surface area (TPSA) is 79.8 Å². The van der Waals surface area contributed by atoms with Crippen molar-refractivity contribution < 1.29 is 17.9 Å². The number of amides is 1. The molecule has 1 aromatic heterocycles. The molecule has 0 saturated carbocycles. The Morgan fingerprint density at radius 2 is 1.84 bits per heavy atom. The van der Waals surface area contributed by atoms with Crippen molar-refractivity contribution in [2.75, 3.05) is 43.9 Å². The lowest BCUT2D eigenvalue weighted by Crippen LogP contribution is -2.49. The first-order valence-electron chi connectivity index (χ1n) is 9.81. The third-order valence-electron chi connectivity index (χ3n) is 5.25. The van der Waals surface area contributed by atoms with E-state index in [9.17, 15) is 13.2 Å². The molecule has 1 amide bonds. The molecular weight excluding hydrogens is 502 g/mol. The molecule has 1 fully saturated rings. The highest BCUT2D eigenvalue weighted by Crippen LogP contribution is 2.31. The highest BCUT2D eigenvalue weighted by Gasteiger charge is 2.25. The fourth-order valence-corrected chi connectivity index (χ4v) is 6.25. The lowest BCUT2D eigenvalue weighted by molar-refractivity contribution is -0.131. The second-order valence-electron chi connectivity index (χ2n) is 7.22. The number of aromatic nitrogens is 1. The minimum Gasteiger partial charge on any atom is -0.497 e. The van der Waals surface area contributed by atoms with E-state index in [2.05, 4.69) is 26.9 Å². The molecule has 0 spiro atoms. The number of ether oxygens (including phenoxy) is 1. The summed E-state index contributed by atoms with van der Waals surface area (Å²) in [6, 6.07) is 12.2. The van der Waals surface area contributed by atoms with Crippen LogP contribution in [-0.2, 0) is 14.6 Å². The minimum absolute atomic E-state index is 0.0243. The zero-order chi connectivity index (χ0) is 22.0. The lowest BCUT2D eigenvalue weighted by Gasteiger charge is -2.34. The maximum Gasteiger partial charge on any atom is 0.223 e. The first kappa shape index (κ1) is 22.0. The number of hydrogen-bond donors (Lipinski definition) is 0. The Hall–Kier alpha value is -2.17. The summed E-state index contributed by atoms with van der Waals surface area (Å²) >= 11 is 5.12. The zero-order valence-electron chi connectivity index (χ0n) is 17.0. The van der Waals surface area contributed by atoms with Crippen LogP contribution in [0.5, 0.6) is 5.75 Å². The van der Waals surface area contributed by atoms with Crippen molar-refractivity contribution >= 4 is 58.4 Å². The number of piperazine rings is 1. The monoisotopic (exact) mass is 523 g/mol. The van der Waals surface area contributed by atoms with Crippen LogP contribution < -0.4 is 9.64 Å². The highest BCUT2D eigenvalue weighted by molar-refractivity contribution is 9.10. The van der Waals surface area contributed by atoms with E-state index in [1.165, 1.54) is 19.2 Å². The number of thiazole rings is 1. The average Bonchev–Trinajstić information content (AvgIpc) is 3.21. The molecule has 2 heterocycles. The van der Waals surface area contributed by atoms with Gasteiger partial charge in [0.1, 0.15) is 5.75 Å². The number of carbonyl (C=O) groups is 1. The van der Waals surface area contributed by atoms with Gasteiger partial charge in [0.2, 0.25) is 5.91 Å². The fourth-order valence-electron chi connectivity index (χ4n) is 3.45. The van der Waals surface area contributed by atoms with Gasteiger partial charge in [-0.25, -0.2) is 13.4 Å². The molecule has 164 valence electrons. The Labute approximate surface area is 193 Å². The van der Waals surface area contributed by atoms with Gasteiger partial charge in [-0.15, -0.1) is 0 Å². The van der Waals surface area contributed by atoms with Crippen LogP contribution in [-0.4, -0.2) is 63.3 Å². The summed E-state index contributed by atoms with van der Waals surface area (Å²) in [5.41, 5.74) is 0.963. The number of hydrogen-bond acceptors (Lipinski definition) is 7. The number of methoxy groups -OCH3 is 1. The number of halogens is 1. The Morgan fingerprint density at radius 1 is 1.13 bits per heavy atom. The molecule has 1 aliphatic rings. The molecule has 4 rings (SSSR count). The predicted octanol–water partition coefficient (Wildman–Crippen LogP) is 3.58. The van der Waals surface area contributed by atoms with E-state index in [0.29, 0.717) is 31.9 Å². The SMILES string of the molecule is COc1ccc(S(=O)(=O)CCC(=O)N2CCN(c3nc4ccc(Br)cc4s3)CC2)cc1. The largest absolute Gasteiger partial charge is 0.497 e. The zero-order valence-corrected chi connectivity index (χ0v) is 20.2. The average molecular weight is 524 g/mol. The second-order valence-corrected chi connectivity index (χ2v) is 11.3. The molecule has 0 unspecified atom stereocenters. The van der Waals surface area contributed by atoms with Crippen molar-refractivity contribution in [3.05, 3.63) is 46.9 Å². The molecule has 1 aliphatic heterocycles. The quantitative estimate of drug-likeness (QED) is 0.491. The molecule has 0 aliphatic carbocycles. The molecular formula is C21H22BrN3O4S2. The first-order valence-corrected chi connectivity index (χ1v) is 13.1. The van der Waals surface area contributed by atoms with Crippen LogP contribution in [0.3, 0.4) is 0 Å². The molecule has 0 bridgehead atoms. The summed E-state index contributed by atoms with van der Waals surface area (Å²) in [5, 5.41) is 0.947. The van der Waals surface area contributed by atoms with Crippen LogP contribution in [0.2, 0.25) is 0 Å². The lowest BCUT2D eigenvalue weighted by atomic mass is 10.3. The van der Waals surface area contributed by atoms with Gasteiger partial charge in [0.05, 0.1) is 28.0 Å². The van der Waals surface area contributed by atoms with Crippen LogP contribution in [0.15, 0.2) is 51.8 Å². The van der Waals surface area contributed by atoms with Crippen LogP contribution >= 0.6 is 27.3 Å². The van der Waals surface area contributed by atoms with Crippen LogP contribution in [0.1, 0.15) is 6.42 Å². The fraction of sp³-hybridized carbons (Fsp3) is 0.333. The number of nitrogens with zero attached hydrogens (tertiary/aromatic N) is 3. The van der Waals surface area contributed by atoms with Gasteiger partial charge < -0.3 is 14.5 Å². The maximum absolute atomic E-state index is 12.6. The molecule has 31 heavy (non-hydrogen) atoms. The van der Waals surface area contributed by atoms with Crippen molar-refractivity contribution in [2.24, 2.45) is 0 Å². The van der Waals surface area contributed by atoms with Gasteiger partial charge in [0.25, 0.3) is 0 Å². The standard InChI is InChI=1S/C21H22BrN3O4S2/c1-29-16-3-5-17(6-4-16)31(27,28)13-8-20(26)24-9-11-25(12-10-24)21-23-18-7-2-15(22)14-19(18)30-21/h2-7,14H,8-13H2,1H3. The molecule has 0 N–H and O–H groups in total. The van der Waals surface area contributed by atoms with Crippen LogP contribution in [0, 0.1) is 0 Å². The maximum atomic E-state index is 12.6. The summed E-state index contributed by atoms with van der Waals surface area (Å²) in [5.74, 6) is 0.254. The van der Waals surface area contributed by atoms with Gasteiger partial charge in [-0.1, -0.05) is 27.3 Å². The highest BCUT2D eigenvalue weighted by atomic mass is 79.9. The molecule has 7 nitrogen and oxygen atoms in total. The number of fused-ring (bicyclic) bond motifs is 1. The Bertz CT molecular complexity index is 1190. The van der Waals surface area contributed by atoms with Gasteiger partial charge in [0, 0.05) is 37.1 Å². The predicted molar refractivity (Wildman–Crippen MR) is 126 cm³/mol. The third kappa shape index (κ3) is 5.02. The Balaban J connectivity index is 1.32. The van der Waals surface area contributed by atoms with E-state index in [4.69, 9.17) is 9.72 Å². The molecule has 1 saturated heterocycles. The van der Waals surface area contributed by atoms with E-state index in [-0.39, 0.29) is 23.0 Å². The first-order chi connectivity index (χ1) is 14.9. The number of sulfone groups is 1. The summed E-state index contributed by atoms with van der Waals surface area (Å²) in [7, 11) is -1.99. The van der Waals surface area contributed by atoms with E-state index in [1.54, 1.807) is 28.4 Å². The number of rotatable bonds is 6. The van der Waals surface area contributed by atoms with E-state index in [1.807, 2.05) is 12.1 Å². The number of carbonyl (C=O) groups excluding carboxylic acids is 1. The van der Waals surface area contributed by atoms with E-state index >= 15 is 0 Å². The van der Waals surface area contributed by atoms with Gasteiger partial charge in [-0.3, -0.25) is 4.79 Å². The summed E-state index contributed by atoms with van der Waals surface area (Å²) in [6.45, 7) is 2.47. The minimum atomic E-state index is -3.52. The second kappa shape index (κ2) is 9.13. The summed E-state index contributed by atoms with van der Waals surface area (Å²) in [6.07, 6.45) is -0.0243. The molecule has 3 aromatic rings. The molecule has 10 heteroatoms. The van der Waals surface area contributed by atoms with Crippen LogP contribution in [0.4, 0.5) is 5.13 Å². The third-order valence-corrected chi connectivity index (χ3v) is 8.55. The number of anilines is 1. The number of benzene rings is 2. The van der Waals surface area contributed by atoms with Crippen molar-refractivity contribution in [2.45, 2.75) is 11.3 Å².